The summed E-state index contributed by atoms with van der Waals surface area (Å²) < 4.78 is 77.1. The van der Waals surface area contributed by atoms with Crippen LogP contribution in [-0.2, 0) is 12.4 Å². The second-order valence-corrected chi connectivity index (χ2v) is 5.71. The number of benzene rings is 2. The summed E-state index contributed by atoms with van der Waals surface area (Å²) in [4.78, 5) is 23.4. The van der Waals surface area contributed by atoms with Gasteiger partial charge in [-0.2, -0.15) is 26.3 Å². The molecule has 0 aliphatic rings. The minimum atomic E-state index is -5.09. The molecule has 0 aromatic heterocycles. The van der Waals surface area contributed by atoms with Crippen molar-refractivity contribution in [3.05, 3.63) is 63.7 Å². The Kier molecular flexibility index (Phi) is 5.41. The Morgan fingerprint density at radius 1 is 0.889 bits per heavy atom. The molecule has 0 aliphatic carbocycles. The van der Waals surface area contributed by atoms with Gasteiger partial charge >= 0.3 is 12.4 Å². The maximum atomic E-state index is 12.8. The van der Waals surface area contributed by atoms with Gasteiger partial charge in [-0.1, -0.05) is 11.6 Å². The van der Waals surface area contributed by atoms with Crippen LogP contribution < -0.4 is 11.1 Å². The summed E-state index contributed by atoms with van der Waals surface area (Å²) in [5.74, 6) is -2.18. The number of hydrogen-bond acceptors (Lipinski definition) is 2. The van der Waals surface area contributed by atoms with E-state index in [-0.39, 0.29) is 34.5 Å². The largest absolute Gasteiger partial charge is 0.416 e. The van der Waals surface area contributed by atoms with E-state index >= 15 is 0 Å². The third-order valence-corrected chi connectivity index (χ3v) is 3.67. The predicted molar refractivity (Wildman–Crippen MR) is 84.4 cm³/mol. The molecule has 0 radical (unpaired) electrons. The van der Waals surface area contributed by atoms with E-state index in [4.69, 9.17) is 17.3 Å². The van der Waals surface area contributed by atoms with Gasteiger partial charge in [0.2, 0.25) is 5.91 Å². The molecule has 0 atom stereocenters. The lowest BCUT2D eigenvalue weighted by atomic mass is 10.0. The first-order chi connectivity index (χ1) is 12.3. The SMILES string of the molecule is NC(=O)c1cc(NC(=O)c2cc(C(F)(F)F)cc(C(F)(F)F)c2)ccc1Cl. The first-order valence-corrected chi connectivity index (χ1v) is 7.37. The Balaban J connectivity index is 2.44. The van der Waals surface area contributed by atoms with Crippen molar-refractivity contribution < 1.29 is 35.9 Å². The predicted octanol–water partition coefficient (Wildman–Crippen LogP) is 4.73. The molecular formula is C16H9ClF6N2O2. The molecule has 27 heavy (non-hydrogen) atoms. The Labute approximate surface area is 152 Å². The number of halogens is 7. The molecule has 0 saturated carbocycles. The summed E-state index contributed by atoms with van der Waals surface area (Å²) in [5.41, 5.74) is 0.671. The van der Waals surface area contributed by atoms with Crippen LogP contribution in [0.4, 0.5) is 32.0 Å². The lowest BCUT2D eigenvalue weighted by Gasteiger charge is -2.14. The van der Waals surface area contributed by atoms with Crippen LogP contribution >= 0.6 is 11.6 Å². The number of nitrogens with one attached hydrogen (secondary N) is 1. The molecule has 0 unspecified atom stereocenters. The highest BCUT2D eigenvalue weighted by atomic mass is 35.5. The van der Waals surface area contributed by atoms with E-state index in [1.54, 1.807) is 0 Å². The molecule has 0 bridgehead atoms. The van der Waals surface area contributed by atoms with Crippen LogP contribution in [0.5, 0.6) is 0 Å². The van der Waals surface area contributed by atoms with E-state index in [1.165, 1.54) is 12.1 Å². The van der Waals surface area contributed by atoms with Crippen molar-refractivity contribution in [2.45, 2.75) is 12.4 Å². The monoisotopic (exact) mass is 410 g/mol. The first-order valence-electron chi connectivity index (χ1n) is 6.99. The van der Waals surface area contributed by atoms with Gasteiger partial charge in [0.25, 0.3) is 5.91 Å². The zero-order valence-electron chi connectivity index (χ0n) is 13.0. The van der Waals surface area contributed by atoms with Crippen LogP contribution in [0.25, 0.3) is 0 Å². The second kappa shape index (κ2) is 7.10. The maximum absolute atomic E-state index is 12.8. The number of primary amides is 1. The quantitative estimate of drug-likeness (QED) is 0.718. The van der Waals surface area contributed by atoms with Crippen molar-refractivity contribution in [3.63, 3.8) is 0 Å². The van der Waals surface area contributed by atoms with Crippen molar-refractivity contribution in [1.29, 1.82) is 0 Å². The number of anilines is 1. The fraction of sp³-hybridized carbons (Fsp3) is 0.125. The number of alkyl halides is 6. The molecule has 2 aromatic rings. The number of carbonyl (C=O) groups is 2. The highest BCUT2D eigenvalue weighted by molar-refractivity contribution is 6.34. The normalized spacial score (nSPS) is 12.0. The summed E-state index contributed by atoms with van der Waals surface area (Å²) in [6, 6.07) is 3.91. The summed E-state index contributed by atoms with van der Waals surface area (Å²) >= 11 is 5.72. The van der Waals surface area contributed by atoms with Gasteiger partial charge < -0.3 is 11.1 Å². The topological polar surface area (TPSA) is 72.2 Å². The van der Waals surface area contributed by atoms with Crippen molar-refractivity contribution in [2.24, 2.45) is 5.73 Å². The van der Waals surface area contributed by atoms with E-state index in [2.05, 4.69) is 5.32 Å². The zero-order chi connectivity index (χ0) is 20.6. The smallest absolute Gasteiger partial charge is 0.366 e. The van der Waals surface area contributed by atoms with Gasteiger partial charge in [-0.3, -0.25) is 9.59 Å². The van der Waals surface area contributed by atoms with Crippen molar-refractivity contribution in [1.82, 2.24) is 0 Å². The van der Waals surface area contributed by atoms with Crippen LogP contribution in [0.1, 0.15) is 31.8 Å². The van der Waals surface area contributed by atoms with Gasteiger partial charge in [0, 0.05) is 11.3 Å². The van der Waals surface area contributed by atoms with E-state index in [0.29, 0.717) is 0 Å². The van der Waals surface area contributed by atoms with Crippen molar-refractivity contribution in [3.8, 4) is 0 Å². The average molecular weight is 411 g/mol. The number of carbonyl (C=O) groups excluding carboxylic acids is 2. The van der Waals surface area contributed by atoms with E-state index in [9.17, 15) is 35.9 Å². The van der Waals surface area contributed by atoms with Crippen molar-refractivity contribution in [2.75, 3.05) is 5.32 Å². The highest BCUT2D eigenvalue weighted by Crippen LogP contribution is 2.36. The Bertz CT molecular complexity index is 877. The molecule has 0 fully saturated rings. The molecule has 0 spiro atoms. The minimum absolute atomic E-state index is 0.0427. The summed E-state index contributed by atoms with van der Waals surface area (Å²) in [7, 11) is 0. The van der Waals surface area contributed by atoms with Crippen LogP contribution in [0.2, 0.25) is 5.02 Å². The third-order valence-electron chi connectivity index (χ3n) is 3.34. The number of amides is 2. The van der Waals surface area contributed by atoms with Gasteiger partial charge in [-0.05, 0) is 36.4 Å². The van der Waals surface area contributed by atoms with Gasteiger partial charge in [0.1, 0.15) is 0 Å². The fourth-order valence-electron chi connectivity index (χ4n) is 2.08. The van der Waals surface area contributed by atoms with Crippen LogP contribution in [-0.4, -0.2) is 11.8 Å². The van der Waals surface area contributed by atoms with Gasteiger partial charge in [0.15, 0.2) is 0 Å². The molecule has 0 heterocycles. The molecule has 2 rings (SSSR count). The molecule has 2 amide bonds. The minimum Gasteiger partial charge on any atom is -0.366 e. The number of nitrogens with two attached hydrogens (primary N) is 1. The van der Waals surface area contributed by atoms with Gasteiger partial charge in [0.05, 0.1) is 21.7 Å². The van der Waals surface area contributed by atoms with E-state index in [0.717, 1.165) is 6.07 Å². The molecule has 0 aliphatic heterocycles. The average Bonchev–Trinajstić information content (AvgIpc) is 2.54. The Hall–Kier alpha value is -2.75. The standard InChI is InChI=1S/C16H9ClF6N2O2/c17-12-2-1-10(6-11(12)13(24)26)25-14(27)7-3-8(15(18,19)20)5-9(4-7)16(21,22)23/h1-6H,(H2,24,26)(H,25,27). The summed E-state index contributed by atoms with van der Waals surface area (Å²) in [6.45, 7) is 0. The Morgan fingerprint density at radius 2 is 1.41 bits per heavy atom. The zero-order valence-corrected chi connectivity index (χ0v) is 13.8. The molecule has 11 heteroatoms. The second-order valence-electron chi connectivity index (χ2n) is 5.31. The summed E-state index contributed by atoms with van der Waals surface area (Å²) in [6.07, 6.45) is -10.2. The third kappa shape index (κ3) is 4.91. The highest BCUT2D eigenvalue weighted by Gasteiger charge is 2.37. The van der Waals surface area contributed by atoms with Gasteiger partial charge in [-0.15, -0.1) is 0 Å². The molecule has 3 N–H and O–H groups in total. The number of hydrogen-bond donors (Lipinski definition) is 2. The van der Waals surface area contributed by atoms with Gasteiger partial charge in [-0.25, -0.2) is 0 Å². The first kappa shape index (κ1) is 20.6. The Morgan fingerprint density at radius 3 is 1.85 bits per heavy atom. The lowest BCUT2D eigenvalue weighted by molar-refractivity contribution is -0.143. The molecule has 4 nitrogen and oxygen atoms in total. The molecule has 144 valence electrons. The molecule has 0 saturated heterocycles. The maximum Gasteiger partial charge on any atom is 0.416 e. The fourth-order valence-corrected chi connectivity index (χ4v) is 2.29. The van der Waals surface area contributed by atoms with Crippen LogP contribution in [0.3, 0.4) is 0 Å². The van der Waals surface area contributed by atoms with E-state index in [1.807, 2.05) is 0 Å². The molecule has 2 aromatic carbocycles. The van der Waals surface area contributed by atoms with E-state index < -0.39 is 40.9 Å². The van der Waals surface area contributed by atoms with Crippen molar-refractivity contribution >= 4 is 29.1 Å². The molecular weight excluding hydrogens is 402 g/mol. The van der Waals surface area contributed by atoms with Crippen LogP contribution in [0.15, 0.2) is 36.4 Å². The number of rotatable bonds is 3. The summed E-state index contributed by atoms with van der Waals surface area (Å²) in [5, 5.41) is 2.06. The van der Waals surface area contributed by atoms with Crippen LogP contribution in [0, 0.1) is 0 Å². The lowest BCUT2D eigenvalue weighted by Crippen LogP contribution is -2.18.